The number of carbonyl (C=O) groups excluding carboxylic acids is 1. The van der Waals surface area contributed by atoms with Crippen LogP contribution in [0.1, 0.15) is 56.5 Å². The number of amides is 1. The van der Waals surface area contributed by atoms with Crippen molar-refractivity contribution in [1.29, 1.82) is 0 Å². The number of aryl methyl sites for hydroxylation is 1. The van der Waals surface area contributed by atoms with E-state index in [1.807, 2.05) is 64.1 Å². The monoisotopic (exact) mass is 593 g/mol. The fourth-order valence-electron chi connectivity index (χ4n) is 4.53. The van der Waals surface area contributed by atoms with Gasteiger partial charge >= 0.3 is 0 Å². The number of anilines is 1. The summed E-state index contributed by atoms with van der Waals surface area (Å²) in [5.74, 6) is 2.33. The lowest BCUT2D eigenvalue weighted by atomic mass is 10.1. The molecule has 0 saturated heterocycles. The molecular formula is C33H43N3O7. The van der Waals surface area contributed by atoms with Gasteiger partial charge in [-0.05, 0) is 102 Å². The van der Waals surface area contributed by atoms with Crippen LogP contribution in [-0.4, -0.2) is 56.9 Å². The number of rotatable bonds is 17. The van der Waals surface area contributed by atoms with Crippen molar-refractivity contribution in [3.8, 4) is 23.0 Å². The summed E-state index contributed by atoms with van der Waals surface area (Å²) in [5.41, 5.74) is 2.12. The van der Waals surface area contributed by atoms with Crippen LogP contribution < -0.4 is 29.2 Å². The quantitative estimate of drug-likeness (QED) is 0.108. The number of nitro benzene ring substituents is 1. The fourth-order valence-corrected chi connectivity index (χ4v) is 4.53. The lowest BCUT2D eigenvalue weighted by molar-refractivity contribution is -0.384. The zero-order valence-electron chi connectivity index (χ0n) is 25.9. The lowest BCUT2D eigenvalue weighted by Gasteiger charge is -2.25. The number of nitrogens with one attached hydrogen (secondary N) is 1. The zero-order chi connectivity index (χ0) is 31.4. The molecule has 0 saturated carbocycles. The van der Waals surface area contributed by atoms with E-state index in [1.165, 1.54) is 29.8 Å². The predicted molar refractivity (Wildman–Crippen MR) is 168 cm³/mol. The van der Waals surface area contributed by atoms with Gasteiger partial charge in [0.15, 0.2) is 23.0 Å². The lowest BCUT2D eigenvalue weighted by Crippen LogP contribution is -2.33. The molecule has 0 aliphatic heterocycles. The molecule has 3 rings (SSSR count). The largest absolute Gasteiger partial charge is 0.493 e. The first kappa shape index (κ1) is 33.2. The Kier molecular flexibility index (Phi) is 12.6. The number of benzene rings is 3. The second kappa shape index (κ2) is 16.4. The molecule has 10 heteroatoms. The molecule has 0 atom stereocenters. The molecule has 0 heterocycles. The summed E-state index contributed by atoms with van der Waals surface area (Å²) in [5, 5.41) is 14.6. The van der Waals surface area contributed by atoms with E-state index in [2.05, 4.69) is 5.32 Å². The van der Waals surface area contributed by atoms with E-state index in [9.17, 15) is 14.9 Å². The van der Waals surface area contributed by atoms with Crippen LogP contribution in [0.2, 0.25) is 0 Å². The Labute approximate surface area is 254 Å². The first-order valence-electron chi connectivity index (χ1n) is 14.6. The van der Waals surface area contributed by atoms with E-state index in [-0.39, 0.29) is 23.8 Å². The summed E-state index contributed by atoms with van der Waals surface area (Å²) in [6.45, 7) is 9.71. The average molecular weight is 594 g/mol. The van der Waals surface area contributed by atoms with Crippen LogP contribution in [0.15, 0.2) is 60.7 Å². The number of nitro groups is 1. The van der Waals surface area contributed by atoms with Gasteiger partial charge < -0.3 is 29.2 Å². The van der Waals surface area contributed by atoms with Gasteiger partial charge in [0.2, 0.25) is 0 Å². The highest BCUT2D eigenvalue weighted by Gasteiger charge is 2.21. The van der Waals surface area contributed by atoms with Gasteiger partial charge in [-0.25, -0.2) is 0 Å². The molecule has 1 N–H and O–H groups in total. The fraction of sp³-hybridized carbons (Fsp3) is 0.424. The minimum Gasteiger partial charge on any atom is -0.493 e. The first-order valence-corrected chi connectivity index (χ1v) is 14.6. The van der Waals surface area contributed by atoms with Crippen LogP contribution >= 0.6 is 0 Å². The molecule has 0 fully saturated rings. The highest BCUT2D eigenvalue weighted by atomic mass is 16.6. The highest BCUT2D eigenvalue weighted by Crippen LogP contribution is 2.34. The summed E-state index contributed by atoms with van der Waals surface area (Å²) in [6.07, 6.45) is 2.39. The zero-order valence-corrected chi connectivity index (χ0v) is 25.9. The smallest absolute Gasteiger partial charge is 0.269 e. The molecule has 0 aliphatic rings. The van der Waals surface area contributed by atoms with Gasteiger partial charge in [-0.1, -0.05) is 6.07 Å². The Morgan fingerprint density at radius 1 is 0.814 bits per heavy atom. The molecule has 0 aromatic heterocycles. The van der Waals surface area contributed by atoms with Crippen LogP contribution in [0, 0.1) is 10.1 Å². The molecule has 3 aromatic rings. The third-order valence-corrected chi connectivity index (χ3v) is 6.54. The molecule has 0 radical (unpaired) electrons. The molecule has 0 aliphatic carbocycles. The molecule has 0 bridgehead atoms. The van der Waals surface area contributed by atoms with E-state index in [4.69, 9.17) is 18.9 Å². The number of nitrogens with zero attached hydrogens (tertiary/aromatic N) is 2. The van der Waals surface area contributed by atoms with Crippen molar-refractivity contribution < 1.29 is 28.7 Å². The second-order valence-corrected chi connectivity index (χ2v) is 10.6. The van der Waals surface area contributed by atoms with Crippen molar-refractivity contribution in [3.63, 3.8) is 0 Å². The first-order chi connectivity index (χ1) is 20.6. The minimum atomic E-state index is -0.480. The highest BCUT2D eigenvalue weighted by molar-refractivity contribution is 6.06. The van der Waals surface area contributed by atoms with Crippen molar-refractivity contribution in [3.05, 3.63) is 81.9 Å². The third kappa shape index (κ3) is 9.89. The summed E-state index contributed by atoms with van der Waals surface area (Å²) >= 11 is 0. The van der Waals surface area contributed by atoms with Gasteiger partial charge in [0.05, 0.1) is 31.4 Å². The SMILES string of the molecule is COc1ccc(CCCNCCCN(C(=O)c2ccc([N+](=O)[O-])cc2)c2ccc(OC(C)C)c(OC(C)C)c2)cc1OC. The number of methoxy groups -OCH3 is 2. The van der Waals surface area contributed by atoms with Gasteiger partial charge in [0.1, 0.15) is 0 Å². The number of non-ortho nitro benzene ring substituents is 1. The topological polar surface area (TPSA) is 112 Å². The van der Waals surface area contributed by atoms with E-state index in [1.54, 1.807) is 19.1 Å². The Morgan fingerprint density at radius 2 is 1.44 bits per heavy atom. The maximum absolute atomic E-state index is 13.7. The number of hydrogen-bond donors (Lipinski definition) is 1. The van der Waals surface area contributed by atoms with Crippen LogP contribution in [0.4, 0.5) is 11.4 Å². The van der Waals surface area contributed by atoms with Crippen LogP contribution in [0.25, 0.3) is 0 Å². The molecule has 10 nitrogen and oxygen atoms in total. The predicted octanol–water partition coefficient (Wildman–Crippen LogP) is 6.45. The van der Waals surface area contributed by atoms with Crippen molar-refractivity contribution >= 4 is 17.3 Å². The molecule has 43 heavy (non-hydrogen) atoms. The van der Waals surface area contributed by atoms with E-state index < -0.39 is 4.92 Å². The van der Waals surface area contributed by atoms with Gasteiger partial charge in [-0.15, -0.1) is 0 Å². The second-order valence-electron chi connectivity index (χ2n) is 10.6. The van der Waals surface area contributed by atoms with E-state index in [0.717, 1.165) is 25.1 Å². The normalized spacial score (nSPS) is 11.0. The van der Waals surface area contributed by atoms with Crippen molar-refractivity contribution in [2.24, 2.45) is 0 Å². The molecule has 1 amide bonds. The molecule has 0 spiro atoms. The average Bonchev–Trinajstić information content (AvgIpc) is 2.98. The Balaban J connectivity index is 1.69. The summed E-state index contributed by atoms with van der Waals surface area (Å²) in [6, 6.07) is 17.1. The molecule has 3 aromatic carbocycles. The summed E-state index contributed by atoms with van der Waals surface area (Å²) in [4.78, 5) is 26.0. The van der Waals surface area contributed by atoms with Crippen LogP contribution in [0.3, 0.4) is 0 Å². The maximum atomic E-state index is 13.7. The number of carbonyl (C=O) groups is 1. The standard InChI is InChI=1S/C33H43N3O7/c1-23(2)42-30-17-15-28(22-32(30)43-24(3)4)35(33(37)26-11-13-27(14-12-26)36(38)39)20-8-19-34-18-7-9-25-10-16-29(40-5)31(21-25)41-6/h10-17,21-24,34H,7-9,18-20H2,1-6H3. The van der Waals surface area contributed by atoms with Crippen molar-refractivity contribution in [2.75, 3.05) is 38.8 Å². The number of hydrogen-bond acceptors (Lipinski definition) is 8. The summed E-state index contributed by atoms with van der Waals surface area (Å²) in [7, 11) is 3.25. The molecule has 0 unspecified atom stereocenters. The van der Waals surface area contributed by atoms with E-state index in [0.29, 0.717) is 48.0 Å². The molecule has 232 valence electrons. The Morgan fingerprint density at radius 3 is 2.07 bits per heavy atom. The van der Waals surface area contributed by atoms with Gasteiger partial charge in [-0.2, -0.15) is 0 Å². The van der Waals surface area contributed by atoms with Gasteiger partial charge in [0, 0.05) is 36.0 Å². The Hall–Kier alpha value is -4.31. The number of ether oxygens (including phenoxy) is 4. The van der Waals surface area contributed by atoms with Crippen LogP contribution in [0.5, 0.6) is 23.0 Å². The van der Waals surface area contributed by atoms with Crippen LogP contribution in [-0.2, 0) is 6.42 Å². The van der Waals surface area contributed by atoms with Gasteiger partial charge in [0.25, 0.3) is 11.6 Å². The van der Waals surface area contributed by atoms with Crippen molar-refractivity contribution in [2.45, 2.75) is 59.2 Å². The Bertz CT molecular complexity index is 1340. The van der Waals surface area contributed by atoms with E-state index >= 15 is 0 Å². The third-order valence-electron chi connectivity index (χ3n) is 6.54. The minimum absolute atomic E-state index is 0.0453. The van der Waals surface area contributed by atoms with Crippen molar-refractivity contribution in [1.82, 2.24) is 5.32 Å². The summed E-state index contributed by atoms with van der Waals surface area (Å²) < 4.78 is 22.7. The molecular weight excluding hydrogens is 550 g/mol. The maximum Gasteiger partial charge on any atom is 0.269 e. The van der Waals surface area contributed by atoms with Gasteiger partial charge in [-0.3, -0.25) is 14.9 Å².